The van der Waals surface area contributed by atoms with Crippen molar-refractivity contribution in [1.82, 2.24) is 0 Å². The Morgan fingerprint density at radius 2 is 0.719 bits per heavy atom. The van der Waals surface area contributed by atoms with Crippen molar-refractivity contribution in [3.8, 4) is 44.5 Å². The molecule has 0 unspecified atom stereocenters. The quantitative estimate of drug-likeness (QED) is 0.161. The maximum atomic E-state index is 6.83. The molecule has 13 aromatic rings. The van der Waals surface area contributed by atoms with Gasteiger partial charge in [-0.15, -0.1) is 0 Å². The van der Waals surface area contributed by atoms with Gasteiger partial charge in [0.2, 0.25) is 0 Å². The van der Waals surface area contributed by atoms with E-state index < -0.39 is 0 Å². The van der Waals surface area contributed by atoms with Crippen molar-refractivity contribution in [2.24, 2.45) is 0 Å². The Morgan fingerprint density at radius 3 is 1.38 bits per heavy atom. The largest absolute Gasteiger partial charge is 0.456 e. The van der Waals surface area contributed by atoms with Crippen molar-refractivity contribution in [2.45, 2.75) is 0 Å². The minimum atomic E-state index is 0.770. The fourth-order valence-corrected chi connectivity index (χ4v) is 9.71. The molecule has 0 atom stereocenters. The van der Waals surface area contributed by atoms with Crippen LogP contribution in [-0.2, 0) is 0 Å². The number of furan rings is 3. The zero-order valence-corrected chi connectivity index (χ0v) is 34.5. The molecule has 13 rings (SSSR count). The zero-order valence-electron chi connectivity index (χ0n) is 34.5. The van der Waals surface area contributed by atoms with Gasteiger partial charge in [-0.3, -0.25) is 0 Å². The second kappa shape index (κ2) is 14.5. The summed E-state index contributed by atoms with van der Waals surface area (Å²) >= 11 is 0. The van der Waals surface area contributed by atoms with Crippen LogP contribution < -0.4 is 4.90 Å². The third-order valence-electron chi connectivity index (χ3n) is 12.7. The number of hydrogen-bond donors (Lipinski definition) is 0. The lowest BCUT2D eigenvalue weighted by Gasteiger charge is -2.28. The lowest BCUT2D eigenvalue weighted by Crippen LogP contribution is -2.11. The minimum absolute atomic E-state index is 0.770. The van der Waals surface area contributed by atoms with Crippen molar-refractivity contribution >= 4 is 82.9 Å². The molecule has 3 heterocycles. The van der Waals surface area contributed by atoms with Crippen LogP contribution in [0.2, 0.25) is 0 Å². The van der Waals surface area contributed by atoms with Gasteiger partial charge in [0.05, 0.1) is 11.1 Å². The van der Waals surface area contributed by atoms with E-state index in [2.05, 4.69) is 193 Å². The van der Waals surface area contributed by atoms with Crippen LogP contribution in [0.4, 0.5) is 17.1 Å². The molecule has 0 saturated heterocycles. The number of fused-ring (bicyclic) bond motifs is 11. The van der Waals surface area contributed by atoms with Gasteiger partial charge in [0.15, 0.2) is 0 Å². The number of anilines is 3. The topological polar surface area (TPSA) is 42.7 Å². The SMILES string of the molecule is c1ccc(-c2ccc(-c3ccc(N(c4ccc(-c5cc6oc7ccc8oc9ccccc9c8c7c6c6oc7ccccc7c56)cc4)c4ccccc4-c4ccccc4)cc3)cc2)cc1. The summed E-state index contributed by atoms with van der Waals surface area (Å²) in [5, 5.41) is 6.17. The van der Waals surface area contributed by atoms with Crippen molar-refractivity contribution in [1.29, 1.82) is 0 Å². The van der Waals surface area contributed by atoms with Gasteiger partial charge in [-0.25, -0.2) is 0 Å². The van der Waals surface area contributed by atoms with Gasteiger partial charge in [0, 0.05) is 43.9 Å². The normalized spacial score (nSPS) is 11.8. The minimum Gasteiger partial charge on any atom is -0.456 e. The van der Waals surface area contributed by atoms with Crippen molar-refractivity contribution in [2.75, 3.05) is 4.90 Å². The van der Waals surface area contributed by atoms with Crippen molar-refractivity contribution in [3.05, 3.63) is 224 Å². The first kappa shape index (κ1) is 36.1. The smallest absolute Gasteiger partial charge is 0.147 e. The van der Waals surface area contributed by atoms with Gasteiger partial charge in [0.1, 0.15) is 33.5 Å². The molecule has 4 heteroatoms. The third kappa shape index (κ3) is 5.77. The van der Waals surface area contributed by atoms with Crippen molar-refractivity contribution < 1.29 is 13.3 Å². The summed E-state index contributed by atoms with van der Waals surface area (Å²) in [4.78, 5) is 2.36. The predicted octanol–water partition coefficient (Wildman–Crippen LogP) is 17.5. The lowest BCUT2D eigenvalue weighted by atomic mass is 9.95. The number of rotatable bonds is 7. The van der Waals surface area contributed by atoms with Gasteiger partial charge < -0.3 is 18.2 Å². The van der Waals surface area contributed by atoms with Gasteiger partial charge in [-0.2, -0.15) is 0 Å². The maximum absolute atomic E-state index is 6.83. The van der Waals surface area contributed by atoms with E-state index in [9.17, 15) is 0 Å². The van der Waals surface area contributed by atoms with E-state index in [1.165, 1.54) is 16.7 Å². The third-order valence-corrected chi connectivity index (χ3v) is 12.7. The summed E-state index contributed by atoms with van der Waals surface area (Å²) in [6.45, 7) is 0. The Kier molecular flexibility index (Phi) is 8.18. The Labute approximate surface area is 368 Å². The summed E-state index contributed by atoms with van der Waals surface area (Å²) in [6, 6.07) is 79.2. The van der Waals surface area contributed by atoms with E-state index in [-0.39, 0.29) is 0 Å². The van der Waals surface area contributed by atoms with E-state index >= 15 is 0 Å². The first-order valence-electron chi connectivity index (χ1n) is 21.7. The number of benzene rings is 10. The molecule has 4 nitrogen and oxygen atoms in total. The molecule has 10 aromatic carbocycles. The molecular weight excluding hydrogens is 783 g/mol. The van der Waals surface area contributed by atoms with Gasteiger partial charge in [-0.1, -0.05) is 164 Å². The highest BCUT2D eigenvalue weighted by Gasteiger charge is 2.24. The maximum Gasteiger partial charge on any atom is 0.147 e. The monoisotopic (exact) mass is 819 g/mol. The molecule has 300 valence electrons. The Hall–Kier alpha value is -8.60. The second-order valence-electron chi connectivity index (χ2n) is 16.4. The molecule has 0 aliphatic heterocycles. The average molecular weight is 820 g/mol. The zero-order chi connectivity index (χ0) is 42.1. The summed E-state index contributed by atoms with van der Waals surface area (Å²) in [5.41, 5.74) is 17.2. The highest BCUT2D eigenvalue weighted by atomic mass is 16.3. The highest BCUT2D eigenvalue weighted by Crippen LogP contribution is 2.48. The Balaban J connectivity index is 0.957. The number of hydrogen-bond acceptors (Lipinski definition) is 4. The molecule has 0 bridgehead atoms. The van der Waals surface area contributed by atoms with Gasteiger partial charge >= 0.3 is 0 Å². The summed E-state index contributed by atoms with van der Waals surface area (Å²) in [6.07, 6.45) is 0. The molecule has 0 aliphatic rings. The van der Waals surface area contributed by atoms with Crippen LogP contribution >= 0.6 is 0 Å². The molecule has 0 N–H and O–H groups in total. The van der Waals surface area contributed by atoms with Gasteiger partial charge in [0.25, 0.3) is 0 Å². The second-order valence-corrected chi connectivity index (χ2v) is 16.4. The number of para-hydroxylation sites is 3. The number of nitrogens with zero attached hydrogens (tertiary/aromatic N) is 1. The van der Waals surface area contributed by atoms with Crippen LogP contribution in [0.3, 0.4) is 0 Å². The molecule has 0 radical (unpaired) electrons. The van der Waals surface area contributed by atoms with Crippen molar-refractivity contribution in [3.63, 3.8) is 0 Å². The summed E-state index contributed by atoms with van der Waals surface area (Å²) in [5.74, 6) is 0. The van der Waals surface area contributed by atoms with Crippen LogP contribution in [0.1, 0.15) is 0 Å². The molecule has 0 spiro atoms. The first-order valence-corrected chi connectivity index (χ1v) is 21.7. The Morgan fingerprint density at radius 1 is 0.266 bits per heavy atom. The van der Waals surface area contributed by atoms with E-state index in [0.29, 0.717) is 0 Å². The van der Waals surface area contributed by atoms with Crippen LogP contribution in [-0.4, -0.2) is 0 Å². The molecule has 0 fully saturated rings. The average Bonchev–Trinajstić information content (AvgIpc) is 4.06. The van der Waals surface area contributed by atoms with E-state index in [1.54, 1.807) is 0 Å². The standard InChI is InChI=1S/C60H37NO3/c1-3-13-38(14-4-1)39-23-25-40(26-24-39)41-27-31-44(32-28-41)61(50-20-10-7-17-46(50)42-15-5-2-6-16-42)45-33-29-43(30-34-45)49-37-55-59(60-56(49)47-18-8-12-22-52(47)64-60)58-54(63-55)36-35-53-57(58)48-19-9-11-21-51(48)62-53/h1-37H. The molecule has 3 aromatic heterocycles. The van der Waals surface area contributed by atoms with Crippen LogP contribution in [0.5, 0.6) is 0 Å². The fraction of sp³-hybridized carbons (Fsp3) is 0. The molecule has 0 saturated carbocycles. The molecule has 64 heavy (non-hydrogen) atoms. The lowest BCUT2D eigenvalue weighted by molar-refractivity contribution is 0.660. The van der Waals surface area contributed by atoms with Crippen LogP contribution in [0, 0.1) is 0 Å². The van der Waals surface area contributed by atoms with E-state index in [0.717, 1.165) is 111 Å². The summed E-state index contributed by atoms with van der Waals surface area (Å²) in [7, 11) is 0. The first-order chi connectivity index (χ1) is 31.7. The van der Waals surface area contributed by atoms with E-state index in [1.807, 2.05) is 36.4 Å². The van der Waals surface area contributed by atoms with Crippen LogP contribution in [0.25, 0.3) is 110 Å². The molecule has 0 aliphatic carbocycles. The van der Waals surface area contributed by atoms with Gasteiger partial charge in [-0.05, 0) is 99.6 Å². The molecule has 0 amide bonds. The summed E-state index contributed by atoms with van der Waals surface area (Å²) < 4.78 is 19.9. The molecular formula is C60H37NO3. The predicted molar refractivity (Wildman–Crippen MR) is 265 cm³/mol. The fourth-order valence-electron chi connectivity index (χ4n) is 9.71. The Bertz CT molecular complexity index is 3860. The highest BCUT2D eigenvalue weighted by molar-refractivity contribution is 6.33. The van der Waals surface area contributed by atoms with E-state index in [4.69, 9.17) is 13.3 Å². The van der Waals surface area contributed by atoms with Crippen LogP contribution in [0.15, 0.2) is 238 Å².